The number of fused-ring (bicyclic) bond motifs is 9. The van der Waals surface area contributed by atoms with Gasteiger partial charge >= 0.3 is 0 Å². The molecule has 0 bridgehead atoms. The number of nitrogens with zero attached hydrogens (tertiary/aromatic N) is 1. The highest BCUT2D eigenvalue weighted by atomic mass is 16.3. The van der Waals surface area contributed by atoms with Crippen LogP contribution < -0.4 is 4.90 Å². The Morgan fingerprint density at radius 3 is 1.48 bits per heavy atom. The van der Waals surface area contributed by atoms with Gasteiger partial charge in [-0.3, -0.25) is 0 Å². The molecule has 0 radical (unpaired) electrons. The molecule has 0 spiro atoms. The minimum absolute atomic E-state index is 0.546. The summed E-state index contributed by atoms with van der Waals surface area (Å²) in [5, 5.41) is 4.14. The predicted molar refractivity (Wildman–Crippen MR) is 264 cm³/mol. The van der Waals surface area contributed by atoms with E-state index in [1.54, 1.807) is 0 Å². The first-order valence-corrected chi connectivity index (χ1v) is 21.9. The van der Waals surface area contributed by atoms with Crippen molar-refractivity contribution in [1.82, 2.24) is 0 Å². The fraction of sp³-hybridized carbons (Fsp3) is 0.0164. The lowest BCUT2D eigenvalue weighted by atomic mass is 9.68. The van der Waals surface area contributed by atoms with Crippen molar-refractivity contribution in [2.75, 3.05) is 4.90 Å². The van der Waals surface area contributed by atoms with Gasteiger partial charge in [0, 0.05) is 38.4 Å². The Hall–Kier alpha value is -8.40. The third kappa shape index (κ3) is 5.34. The highest BCUT2D eigenvalue weighted by Crippen LogP contribution is 2.60. The Labute approximate surface area is 370 Å². The van der Waals surface area contributed by atoms with Crippen molar-refractivity contribution in [3.8, 4) is 33.4 Å². The molecule has 2 heterocycles. The molecule has 0 atom stereocenters. The second kappa shape index (κ2) is 14.3. The van der Waals surface area contributed by atoms with Crippen LogP contribution >= 0.6 is 0 Å². The molecule has 10 aromatic carbocycles. The maximum Gasteiger partial charge on any atom is 0.159 e. The van der Waals surface area contributed by atoms with E-state index < -0.39 is 5.41 Å². The molecule has 0 fully saturated rings. The smallest absolute Gasteiger partial charge is 0.159 e. The van der Waals surface area contributed by atoms with E-state index in [2.05, 4.69) is 235 Å². The zero-order valence-corrected chi connectivity index (χ0v) is 34.8. The topological polar surface area (TPSA) is 29.5 Å². The molecule has 1 aliphatic rings. The van der Waals surface area contributed by atoms with Crippen LogP contribution in [0.3, 0.4) is 0 Å². The largest absolute Gasteiger partial charge is 0.455 e. The van der Waals surface area contributed by atoms with E-state index >= 15 is 0 Å². The summed E-state index contributed by atoms with van der Waals surface area (Å²) in [5.41, 5.74) is 17.8. The van der Waals surface area contributed by atoms with Crippen LogP contribution in [0.2, 0.25) is 0 Å². The molecular weight excluding hydrogens is 779 g/mol. The van der Waals surface area contributed by atoms with Gasteiger partial charge in [0.25, 0.3) is 0 Å². The van der Waals surface area contributed by atoms with Crippen LogP contribution in [0.5, 0.6) is 0 Å². The van der Waals surface area contributed by atoms with Crippen molar-refractivity contribution in [2.24, 2.45) is 0 Å². The quantitative estimate of drug-likeness (QED) is 0.160. The van der Waals surface area contributed by atoms with Crippen molar-refractivity contribution in [3.63, 3.8) is 0 Å². The van der Waals surface area contributed by atoms with Crippen LogP contribution in [0, 0.1) is 0 Å². The summed E-state index contributed by atoms with van der Waals surface area (Å²) in [6, 6.07) is 85.0. The number of benzene rings is 10. The van der Waals surface area contributed by atoms with Crippen molar-refractivity contribution >= 4 is 60.9 Å². The molecule has 0 N–H and O–H groups in total. The third-order valence-corrected chi connectivity index (χ3v) is 13.4. The fourth-order valence-corrected chi connectivity index (χ4v) is 10.6. The molecule has 0 saturated heterocycles. The Morgan fingerprint density at radius 2 is 0.812 bits per heavy atom. The van der Waals surface area contributed by atoms with Crippen LogP contribution in [0.15, 0.2) is 245 Å². The highest BCUT2D eigenvalue weighted by molar-refractivity contribution is 6.18. The molecule has 3 nitrogen and oxygen atoms in total. The molecule has 12 aromatic rings. The first-order valence-electron chi connectivity index (χ1n) is 21.9. The Balaban J connectivity index is 1.07. The van der Waals surface area contributed by atoms with Gasteiger partial charge in [-0.05, 0) is 80.9 Å². The summed E-state index contributed by atoms with van der Waals surface area (Å²) in [6.07, 6.45) is 0. The van der Waals surface area contributed by atoms with Gasteiger partial charge < -0.3 is 13.7 Å². The number of hydrogen-bond acceptors (Lipinski definition) is 3. The monoisotopic (exact) mass is 817 g/mol. The molecule has 1 aliphatic carbocycles. The molecule has 13 rings (SSSR count). The van der Waals surface area contributed by atoms with Crippen molar-refractivity contribution < 1.29 is 8.83 Å². The molecule has 0 amide bonds. The summed E-state index contributed by atoms with van der Waals surface area (Å²) in [5.74, 6) is 0. The van der Waals surface area contributed by atoms with Gasteiger partial charge in [0.15, 0.2) is 5.58 Å². The van der Waals surface area contributed by atoms with Crippen molar-refractivity contribution in [2.45, 2.75) is 5.41 Å². The molecule has 2 aromatic heterocycles. The van der Waals surface area contributed by atoms with Crippen molar-refractivity contribution in [3.05, 3.63) is 259 Å². The zero-order valence-electron chi connectivity index (χ0n) is 34.8. The van der Waals surface area contributed by atoms with Crippen LogP contribution in [0.25, 0.3) is 77.3 Å². The maximum absolute atomic E-state index is 7.13. The van der Waals surface area contributed by atoms with Crippen LogP contribution in [0.1, 0.15) is 22.3 Å². The summed E-state index contributed by atoms with van der Waals surface area (Å²) >= 11 is 0. The lowest BCUT2D eigenvalue weighted by molar-refractivity contribution is 0.664. The molecule has 0 saturated carbocycles. The molecule has 0 aliphatic heterocycles. The van der Waals surface area contributed by atoms with Crippen molar-refractivity contribution in [1.29, 1.82) is 0 Å². The number of hydrogen-bond donors (Lipinski definition) is 0. The Morgan fingerprint density at radius 1 is 0.328 bits per heavy atom. The molecular formula is C61H39NO2. The normalized spacial score (nSPS) is 12.8. The molecule has 0 unspecified atom stereocenters. The van der Waals surface area contributed by atoms with Gasteiger partial charge in [0.1, 0.15) is 16.7 Å². The summed E-state index contributed by atoms with van der Waals surface area (Å²) in [4.78, 5) is 2.41. The lowest BCUT2D eigenvalue weighted by Gasteiger charge is -2.34. The molecule has 300 valence electrons. The van der Waals surface area contributed by atoms with E-state index in [-0.39, 0.29) is 0 Å². The lowest BCUT2D eigenvalue weighted by Crippen LogP contribution is -2.28. The highest BCUT2D eigenvalue weighted by Gasteiger charge is 2.47. The average molecular weight is 818 g/mol. The predicted octanol–water partition coefficient (Wildman–Crippen LogP) is 16.7. The van der Waals surface area contributed by atoms with Gasteiger partial charge in [0.05, 0.1) is 16.8 Å². The maximum atomic E-state index is 7.13. The van der Waals surface area contributed by atoms with Crippen LogP contribution in [-0.2, 0) is 5.41 Å². The third-order valence-electron chi connectivity index (χ3n) is 13.4. The molecule has 3 heteroatoms. The van der Waals surface area contributed by atoms with E-state index in [9.17, 15) is 0 Å². The van der Waals surface area contributed by atoms with Gasteiger partial charge in [-0.1, -0.05) is 200 Å². The minimum atomic E-state index is -0.546. The summed E-state index contributed by atoms with van der Waals surface area (Å²) in [7, 11) is 0. The van der Waals surface area contributed by atoms with Crippen LogP contribution in [-0.4, -0.2) is 0 Å². The fourth-order valence-electron chi connectivity index (χ4n) is 10.6. The van der Waals surface area contributed by atoms with E-state index in [1.165, 1.54) is 38.9 Å². The molecule has 64 heavy (non-hydrogen) atoms. The van der Waals surface area contributed by atoms with E-state index in [1.807, 2.05) is 6.07 Å². The minimum Gasteiger partial charge on any atom is -0.455 e. The number of para-hydroxylation sites is 2. The Bertz CT molecular complexity index is 3660. The SMILES string of the molecule is c1ccc(-c2ccc(N(c3cccc4c3-c3ccccc3C4(c3ccccc3)c3ccccc3)c3cccc4c3oc3cc5c(cc34)oc3c(-c4ccccc4)cccc35)cc2)cc1. The van der Waals surface area contributed by atoms with Gasteiger partial charge in [-0.15, -0.1) is 0 Å². The summed E-state index contributed by atoms with van der Waals surface area (Å²) in [6.45, 7) is 0. The first kappa shape index (κ1) is 36.3. The second-order valence-electron chi connectivity index (χ2n) is 16.7. The van der Waals surface area contributed by atoms with Gasteiger partial charge in [0.2, 0.25) is 0 Å². The number of anilines is 3. The van der Waals surface area contributed by atoms with Gasteiger partial charge in [-0.25, -0.2) is 0 Å². The standard InChI is InChI=1S/C61H39NO2/c1-5-18-40(19-6-1)41-34-36-45(37-35-41)62(54-32-17-31-53-58(54)49-26-13-14-30-52(49)61(53,43-22-9-3-10-23-43)44-24-11-4-12-25-44)55-33-16-29-48-51-39-56-50(38-57(51)64-60(48)55)47-28-15-27-46(59(47)63-56)42-20-7-2-8-21-42/h1-39H. The average Bonchev–Trinajstić information content (AvgIpc) is 4.03. The zero-order chi connectivity index (χ0) is 42.2. The van der Waals surface area contributed by atoms with Gasteiger partial charge in [-0.2, -0.15) is 0 Å². The second-order valence-corrected chi connectivity index (χ2v) is 16.7. The van der Waals surface area contributed by atoms with E-state index in [4.69, 9.17) is 8.83 Å². The van der Waals surface area contributed by atoms with E-state index in [0.29, 0.717) is 0 Å². The van der Waals surface area contributed by atoms with Crippen LogP contribution in [0.4, 0.5) is 17.1 Å². The Kier molecular flexibility index (Phi) is 8.13. The number of furan rings is 2. The summed E-state index contributed by atoms with van der Waals surface area (Å²) < 4.78 is 13.9. The first-order chi connectivity index (χ1) is 31.8. The van der Waals surface area contributed by atoms with E-state index in [0.717, 1.165) is 77.6 Å². The number of rotatable bonds is 7.